The van der Waals surface area contributed by atoms with Crippen LogP contribution < -0.4 is 4.74 Å². The van der Waals surface area contributed by atoms with Crippen molar-refractivity contribution in [1.82, 2.24) is 14.4 Å². The molecule has 1 amide bonds. The van der Waals surface area contributed by atoms with Crippen molar-refractivity contribution in [3.63, 3.8) is 0 Å². The van der Waals surface area contributed by atoms with Crippen LogP contribution in [0, 0.1) is 17.7 Å². The van der Waals surface area contributed by atoms with Crippen LogP contribution in [-0.2, 0) is 11.3 Å². The lowest BCUT2D eigenvalue weighted by Crippen LogP contribution is -2.36. The van der Waals surface area contributed by atoms with Gasteiger partial charge in [0, 0.05) is 62.5 Å². The first-order chi connectivity index (χ1) is 16.4. The fraction of sp³-hybridized carbons (Fsp3) is 0.444. The number of benzene rings is 2. The molecule has 34 heavy (non-hydrogen) atoms. The Bertz CT molecular complexity index is 1200. The quantitative estimate of drug-likeness (QED) is 0.491. The van der Waals surface area contributed by atoms with Gasteiger partial charge in [-0.3, -0.25) is 9.69 Å². The maximum Gasteiger partial charge on any atom is 0.225 e. The summed E-state index contributed by atoms with van der Waals surface area (Å²) in [6.45, 7) is 3.22. The van der Waals surface area contributed by atoms with Crippen molar-refractivity contribution in [3.05, 3.63) is 59.0 Å². The Morgan fingerprint density at radius 2 is 1.94 bits per heavy atom. The van der Waals surface area contributed by atoms with E-state index in [0.717, 1.165) is 73.2 Å². The molecule has 5 rings (SSSR count). The van der Waals surface area contributed by atoms with E-state index >= 15 is 0 Å². The Morgan fingerprint density at radius 1 is 1.15 bits per heavy atom. The third-order valence-electron chi connectivity index (χ3n) is 7.24. The fourth-order valence-corrected chi connectivity index (χ4v) is 5.75. The highest BCUT2D eigenvalue weighted by Crippen LogP contribution is 2.36. The summed E-state index contributed by atoms with van der Waals surface area (Å²) < 4.78 is 21.8. The summed E-state index contributed by atoms with van der Waals surface area (Å²) in [4.78, 5) is 16.5. The molecule has 2 heterocycles. The molecular weight excluding hydrogens is 453 g/mol. The maximum absolute atomic E-state index is 13.6. The van der Waals surface area contributed by atoms with Crippen LogP contribution in [0.2, 0.25) is 5.02 Å². The molecule has 0 atom stereocenters. The lowest BCUT2D eigenvalue weighted by Gasteiger charge is -2.32. The van der Waals surface area contributed by atoms with Gasteiger partial charge in [-0.25, -0.2) is 4.39 Å². The average molecular weight is 484 g/mol. The predicted molar refractivity (Wildman–Crippen MR) is 133 cm³/mol. The van der Waals surface area contributed by atoms with Gasteiger partial charge in [-0.05, 0) is 68.0 Å². The summed E-state index contributed by atoms with van der Waals surface area (Å²) >= 11 is 6.67. The Kier molecular flexibility index (Phi) is 6.54. The van der Waals surface area contributed by atoms with Crippen LogP contribution in [0.15, 0.2) is 42.6 Å². The molecule has 3 aromatic rings. The van der Waals surface area contributed by atoms with Gasteiger partial charge in [0.25, 0.3) is 0 Å². The molecule has 1 aliphatic heterocycles. The van der Waals surface area contributed by atoms with Gasteiger partial charge >= 0.3 is 0 Å². The number of fused-ring (bicyclic) bond motifs is 2. The van der Waals surface area contributed by atoms with E-state index in [0.29, 0.717) is 17.5 Å². The minimum atomic E-state index is -0.241. The molecule has 180 valence electrons. The standard InChI is InChI=1S/C27H31ClFN3O2/c1-30(2)27(33)19-5-3-18(4-6-19)16-31-11-12-34-26-21(17-31)14-23(15-24(26)28)32-10-9-20-13-22(29)7-8-25(20)32/h7-10,13-15,18-19H,3-6,11-12,16-17H2,1-2H3/t18-,19+. The number of carbonyl (C=O) groups excluding carboxylic acids is 1. The molecule has 0 spiro atoms. The minimum absolute atomic E-state index is 0.172. The Labute approximate surface area is 205 Å². The number of carbonyl (C=O) groups is 1. The molecular formula is C27H31ClFN3O2. The molecule has 0 N–H and O–H groups in total. The summed E-state index contributed by atoms with van der Waals surface area (Å²) in [5, 5.41) is 1.45. The van der Waals surface area contributed by atoms with Gasteiger partial charge in [0.15, 0.2) is 0 Å². The topological polar surface area (TPSA) is 37.7 Å². The lowest BCUT2D eigenvalue weighted by atomic mass is 9.81. The SMILES string of the molecule is CN(C)C(=O)[C@H]1CC[C@@H](CN2CCOc3c(Cl)cc(-n4ccc5cc(F)ccc54)cc3C2)CC1. The third-order valence-corrected chi connectivity index (χ3v) is 7.52. The van der Waals surface area contributed by atoms with E-state index in [-0.39, 0.29) is 17.6 Å². The van der Waals surface area contributed by atoms with Crippen molar-refractivity contribution in [2.24, 2.45) is 11.8 Å². The highest BCUT2D eigenvalue weighted by atomic mass is 35.5. The second kappa shape index (κ2) is 9.59. The zero-order valence-corrected chi connectivity index (χ0v) is 20.5. The maximum atomic E-state index is 13.6. The van der Waals surface area contributed by atoms with Crippen molar-refractivity contribution < 1.29 is 13.9 Å². The first kappa shape index (κ1) is 23.2. The number of hydrogen-bond acceptors (Lipinski definition) is 3. The van der Waals surface area contributed by atoms with Crippen LogP contribution in [0.1, 0.15) is 31.2 Å². The van der Waals surface area contributed by atoms with E-state index in [1.807, 2.05) is 37.0 Å². The van der Waals surface area contributed by atoms with Gasteiger partial charge in [0.2, 0.25) is 5.91 Å². The molecule has 2 aliphatic rings. The van der Waals surface area contributed by atoms with Crippen molar-refractivity contribution in [3.8, 4) is 11.4 Å². The molecule has 1 saturated carbocycles. The van der Waals surface area contributed by atoms with Gasteiger partial charge in [0.1, 0.15) is 18.2 Å². The average Bonchev–Trinajstić information content (AvgIpc) is 3.12. The first-order valence-electron chi connectivity index (χ1n) is 12.0. The van der Waals surface area contributed by atoms with Crippen molar-refractivity contribution in [1.29, 1.82) is 0 Å². The number of halogens is 2. The number of aromatic nitrogens is 1. The number of nitrogens with zero attached hydrogens (tertiary/aromatic N) is 3. The van der Waals surface area contributed by atoms with E-state index in [1.165, 1.54) is 6.07 Å². The van der Waals surface area contributed by atoms with Crippen LogP contribution in [0.25, 0.3) is 16.6 Å². The van der Waals surface area contributed by atoms with Crippen LogP contribution in [0.5, 0.6) is 5.75 Å². The summed E-state index contributed by atoms with van der Waals surface area (Å²) in [7, 11) is 3.69. The molecule has 1 fully saturated rings. The normalized spacial score (nSPS) is 21.1. The van der Waals surface area contributed by atoms with Crippen molar-refractivity contribution in [2.45, 2.75) is 32.2 Å². The second-order valence-electron chi connectivity index (χ2n) is 9.84. The number of hydrogen-bond donors (Lipinski definition) is 0. The van der Waals surface area contributed by atoms with Crippen molar-refractivity contribution >= 4 is 28.4 Å². The van der Waals surface area contributed by atoms with Crippen molar-refractivity contribution in [2.75, 3.05) is 33.8 Å². The third kappa shape index (κ3) is 4.66. The van der Waals surface area contributed by atoms with Crippen LogP contribution in [0.3, 0.4) is 0 Å². The molecule has 1 aromatic heterocycles. The van der Waals surface area contributed by atoms with Crippen LogP contribution in [0.4, 0.5) is 4.39 Å². The molecule has 7 heteroatoms. The van der Waals surface area contributed by atoms with Gasteiger partial charge < -0.3 is 14.2 Å². The van der Waals surface area contributed by atoms with E-state index < -0.39 is 0 Å². The molecule has 0 radical (unpaired) electrons. The largest absolute Gasteiger partial charge is 0.490 e. The summed E-state index contributed by atoms with van der Waals surface area (Å²) in [6.07, 6.45) is 6.06. The monoisotopic (exact) mass is 483 g/mol. The molecule has 0 bridgehead atoms. The van der Waals surface area contributed by atoms with E-state index in [4.69, 9.17) is 16.3 Å². The highest BCUT2D eigenvalue weighted by Gasteiger charge is 2.29. The Balaban J connectivity index is 1.33. The fourth-order valence-electron chi connectivity index (χ4n) is 5.47. The first-order valence-corrected chi connectivity index (χ1v) is 12.4. The van der Waals surface area contributed by atoms with Gasteiger partial charge in [0.05, 0.1) is 10.5 Å². The van der Waals surface area contributed by atoms with Gasteiger partial charge in [-0.1, -0.05) is 11.6 Å². The number of amides is 1. The predicted octanol–water partition coefficient (Wildman–Crippen LogP) is 5.51. The summed E-state index contributed by atoms with van der Waals surface area (Å²) in [6, 6.07) is 10.8. The van der Waals surface area contributed by atoms with Gasteiger partial charge in [-0.15, -0.1) is 0 Å². The van der Waals surface area contributed by atoms with E-state index in [2.05, 4.69) is 11.0 Å². The molecule has 1 aliphatic carbocycles. The van der Waals surface area contributed by atoms with E-state index in [1.54, 1.807) is 17.0 Å². The smallest absolute Gasteiger partial charge is 0.225 e. The second-order valence-corrected chi connectivity index (χ2v) is 10.2. The van der Waals surface area contributed by atoms with Crippen LogP contribution >= 0.6 is 11.6 Å². The van der Waals surface area contributed by atoms with Crippen LogP contribution in [-0.4, -0.2) is 54.1 Å². The lowest BCUT2D eigenvalue weighted by molar-refractivity contribution is -0.134. The zero-order chi connectivity index (χ0) is 23.8. The minimum Gasteiger partial charge on any atom is -0.490 e. The zero-order valence-electron chi connectivity index (χ0n) is 19.8. The molecule has 0 saturated heterocycles. The molecule has 0 unspecified atom stereocenters. The Hall–Kier alpha value is -2.57. The highest BCUT2D eigenvalue weighted by molar-refractivity contribution is 6.32. The molecule has 2 aromatic carbocycles. The number of ether oxygens (including phenoxy) is 1. The number of rotatable bonds is 4. The van der Waals surface area contributed by atoms with Gasteiger partial charge in [-0.2, -0.15) is 0 Å². The molecule has 5 nitrogen and oxygen atoms in total. The summed E-state index contributed by atoms with van der Waals surface area (Å²) in [5.41, 5.74) is 2.95. The van der Waals surface area contributed by atoms with E-state index in [9.17, 15) is 9.18 Å². The Morgan fingerprint density at radius 3 is 2.71 bits per heavy atom. The summed E-state index contributed by atoms with van der Waals surface area (Å²) in [5.74, 6) is 1.54.